The second-order valence-corrected chi connectivity index (χ2v) is 6.92. The maximum Gasteiger partial charge on any atom is 0.313 e. The first-order valence-electron chi connectivity index (χ1n) is 9.45. The van der Waals surface area contributed by atoms with Gasteiger partial charge in [0.05, 0.1) is 35.4 Å². The third-order valence-electron chi connectivity index (χ3n) is 4.92. The summed E-state index contributed by atoms with van der Waals surface area (Å²) in [5.41, 5.74) is 6.29. The smallest absolute Gasteiger partial charge is 0.313 e. The Morgan fingerprint density at radius 1 is 1.20 bits per heavy atom. The van der Waals surface area contributed by atoms with Crippen molar-refractivity contribution >= 4 is 23.4 Å². The highest BCUT2D eigenvalue weighted by molar-refractivity contribution is 6.39. The first-order chi connectivity index (χ1) is 14.5. The van der Waals surface area contributed by atoms with Gasteiger partial charge in [-0.1, -0.05) is 0 Å². The monoisotopic (exact) mass is 408 g/mol. The van der Waals surface area contributed by atoms with E-state index in [0.29, 0.717) is 24.5 Å². The van der Waals surface area contributed by atoms with E-state index in [9.17, 15) is 14.4 Å². The number of rotatable bonds is 4. The fourth-order valence-corrected chi connectivity index (χ4v) is 3.47. The number of H-pyrrole nitrogens is 1. The minimum atomic E-state index is -0.807. The first kappa shape index (κ1) is 19.3. The normalized spacial score (nSPS) is 16.3. The van der Waals surface area contributed by atoms with Crippen molar-refractivity contribution in [3.05, 3.63) is 54.2 Å². The van der Waals surface area contributed by atoms with Gasteiger partial charge in [0.25, 0.3) is 0 Å². The van der Waals surface area contributed by atoms with Crippen molar-refractivity contribution in [1.29, 1.82) is 0 Å². The highest BCUT2D eigenvalue weighted by Gasteiger charge is 2.33. The molecule has 0 bridgehead atoms. The Morgan fingerprint density at radius 2 is 2.07 bits per heavy atom. The van der Waals surface area contributed by atoms with Crippen molar-refractivity contribution in [2.45, 2.75) is 25.3 Å². The van der Waals surface area contributed by atoms with E-state index in [2.05, 4.69) is 25.6 Å². The molecule has 0 unspecified atom stereocenters. The number of nitrogens with zero attached hydrogens (tertiary/aromatic N) is 5. The molecule has 30 heavy (non-hydrogen) atoms. The van der Waals surface area contributed by atoms with Crippen LogP contribution in [0.1, 0.15) is 41.4 Å². The predicted molar refractivity (Wildman–Crippen MR) is 105 cm³/mol. The second-order valence-electron chi connectivity index (χ2n) is 6.92. The van der Waals surface area contributed by atoms with Gasteiger partial charge in [-0.2, -0.15) is 10.2 Å². The second kappa shape index (κ2) is 8.15. The molecule has 11 heteroatoms. The summed E-state index contributed by atoms with van der Waals surface area (Å²) < 4.78 is 1.64. The molecule has 1 saturated heterocycles. The average molecular weight is 408 g/mol. The van der Waals surface area contributed by atoms with Gasteiger partial charge in [-0.15, -0.1) is 0 Å². The molecule has 0 aromatic carbocycles. The maximum atomic E-state index is 12.9. The molecule has 1 atom stereocenters. The minimum Gasteiger partial charge on any atom is -0.366 e. The number of anilines is 1. The number of piperidine rings is 1. The Hall–Kier alpha value is -4.02. The molecular weight excluding hydrogens is 388 g/mol. The molecular formula is C19H20N8O3. The van der Waals surface area contributed by atoms with Crippen LogP contribution in [-0.4, -0.2) is 54.1 Å². The van der Waals surface area contributed by atoms with Crippen molar-refractivity contribution in [2.24, 2.45) is 5.73 Å². The molecule has 3 amide bonds. The molecule has 0 aliphatic carbocycles. The number of carbonyl (C=O) groups excluding carboxylic acids is 3. The summed E-state index contributed by atoms with van der Waals surface area (Å²) in [5.74, 6) is -1.44. The van der Waals surface area contributed by atoms with Gasteiger partial charge in [0, 0.05) is 25.0 Å². The van der Waals surface area contributed by atoms with E-state index in [1.807, 2.05) is 6.07 Å². The third-order valence-corrected chi connectivity index (χ3v) is 4.92. The maximum absolute atomic E-state index is 12.9. The summed E-state index contributed by atoms with van der Waals surface area (Å²) in [6.45, 7) is 0.452. The fraction of sp³-hybridized carbons (Fsp3) is 0.263. The molecule has 3 aromatic heterocycles. The van der Waals surface area contributed by atoms with Crippen LogP contribution in [0.3, 0.4) is 0 Å². The van der Waals surface area contributed by atoms with Gasteiger partial charge < -0.3 is 16.0 Å². The lowest BCUT2D eigenvalue weighted by Crippen LogP contribution is -2.44. The number of nitrogens with one attached hydrogen (secondary N) is 2. The molecule has 4 heterocycles. The number of likely N-dealkylation sites (tertiary alicyclic amines) is 1. The van der Waals surface area contributed by atoms with Gasteiger partial charge in [-0.3, -0.25) is 24.5 Å². The van der Waals surface area contributed by atoms with Crippen molar-refractivity contribution in [3.63, 3.8) is 0 Å². The molecule has 1 aliphatic heterocycles. The van der Waals surface area contributed by atoms with Crippen molar-refractivity contribution in [2.75, 3.05) is 11.9 Å². The van der Waals surface area contributed by atoms with E-state index in [4.69, 9.17) is 5.73 Å². The van der Waals surface area contributed by atoms with E-state index in [0.717, 1.165) is 12.8 Å². The first-order valence-corrected chi connectivity index (χ1v) is 9.45. The fourth-order valence-electron chi connectivity index (χ4n) is 3.47. The molecule has 3 aromatic rings. The summed E-state index contributed by atoms with van der Waals surface area (Å²) >= 11 is 0. The zero-order valence-electron chi connectivity index (χ0n) is 16.0. The van der Waals surface area contributed by atoms with E-state index in [1.165, 1.54) is 23.4 Å². The highest BCUT2D eigenvalue weighted by atomic mass is 16.2. The molecule has 1 aliphatic rings. The van der Waals surface area contributed by atoms with Crippen molar-refractivity contribution < 1.29 is 14.4 Å². The Kier molecular flexibility index (Phi) is 5.24. The summed E-state index contributed by atoms with van der Waals surface area (Å²) in [6, 6.07) is 4.67. The molecule has 154 valence electrons. The van der Waals surface area contributed by atoms with Crippen molar-refractivity contribution in [3.8, 4) is 5.82 Å². The van der Waals surface area contributed by atoms with Crippen LogP contribution in [-0.2, 0) is 9.59 Å². The standard InChI is InChI=1S/C19H20N8O3/c20-17(28)12-9-13(11-21-10-12)23-18(29)19(30)26-7-2-1-3-15(26)14-5-8-27(25-14)16-4-6-22-24-16/h4-6,8-11,15H,1-3,7H2,(H2,20,28)(H,22,24)(H,23,29)/t15-/m0/s1. The topological polar surface area (TPSA) is 152 Å². The summed E-state index contributed by atoms with van der Waals surface area (Å²) in [5, 5.41) is 13.8. The molecule has 0 radical (unpaired) electrons. The number of nitrogens with two attached hydrogens (primary N) is 1. The van der Waals surface area contributed by atoms with Gasteiger partial charge in [-0.05, 0) is 31.4 Å². The van der Waals surface area contributed by atoms with Crippen LogP contribution in [0.4, 0.5) is 5.69 Å². The third kappa shape index (κ3) is 3.90. The van der Waals surface area contributed by atoms with E-state index in [-0.39, 0.29) is 17.3 Å². The zero-order valence-corrected chi connectivity index (χ0v) is 16.0. The summed E-state index contributed by atoms with van der Waals surface area (Å²) in [6.07, 6.45) is 8.47. The van der Waals surface area contributed by atoms with Gasteiger partial charge in [0.1, 0.15) is 5.82 Å². The lowest BCUT2D eigenvalue weighted by Gasteiger charge is -2.34. The number of hydrogen-bond donors (Lipinski definition) is 3. The van der Waals surface area contributed by atoms with Crippen LogP contribution < -0.4 is 11.1 Å². The number of amides is 3. The van der Waals surface area contributed by atoms with Crippen LogP contribution in [0.2, 0.25) is 0 Å². The predicted octanol–water partition coefficient (Wildman–Crippen LogP) is 0.782. The number of primary amides is 1. The van der Waals surface area contributed by atoms with Gasteiger partial charge in [-0.25, -0.2) is 4.68 Å². The van der Waals surface area contributed by atoms with Crippen LogP contribution in [0.25, 0.3) is 5.82 Å². The largest absolute Gasteiger partial charge is 0.366 e. The van der Waals surface area contributed by atoms with Crippen molar-refractivity contribution in [1.82, 2.24) is 29.9 Å². The SMILES string of the molecule is NC(=O)c1cncc(NC(=O)C(=O)N2CCCC[C@H]2c2ccn(-c3ccn[nH]3)n2)c1. The molecule has 0 saturated carbocycles. The number of pyridine rings is 1. The number of carbonyl (C=O) groups is 3. The number of hydrogen-bond acceptors (Lipinski definition) is 6. The quantitative estimate of drug-likeness (QED) is 0.543. The van der Waals surface area contributed by atoms with Crippen LogP contribution in [0.15, 0.2) is 43.0 Å². The average Bonchev–Trinajstić information content (AvgIpc) is 3.45. The van der Waals surface area contributed by atoms with E-state index in [1.54, 1.807) is 23.1 Å². The number of aromatic amines is 1. The lowest BCUT2D eigenvalue weighted by molar-refractivity contribution is -0.146. The summed E-state index contributed by atoms with van der Waals surface area (Å²) in [7, 11) is 0. The van der Waals surface area contributed by atoms with Crippen LogP contribution in [0, 0.1) is 0 Å². The minimum absolute atomic E-state index is 0.139. The molecule has 4 N–H and O–H groups in total. The van der Waals surface area contributed by atoms with Gasteiger partial charge >= 0.3 is 11.8 Å². The molecule has 4 rings (SSSR count). The lowest BCUT2D eigenvalue weighted by atomic mass is 9.99. The number of aromatic nitrogens is 5. The van der Waals surface area contributed by atoms with Gasteiger partial charge in [0.2, 0.25) is 5.91 Å². The van der Waals surface area contributed by atoms with E-state index >= 15 is 0 Å². The molecule has 0 spiro atoms. The Labute approximate surface area is 171 Å². The Balaban J connectivity index is 1.51. The summed E-state index contributed by atoms with van der Waals surface area (Å²) in [4.78, 5) is 42.1. The zero-order chi connectivity index (χ0) is 21.1. The van der Waals surface area contributed by atoms with Crippen LogP contribution in [0.5, 0.6) is 0 Å². The van der Waals surface area contributed by atoms with E-state index < -0.39 is 17.7 Å². The molecule has 11 nitrogen and oxygen atoms in total. The Morgan fingerprint density at radius 3 is 2.83 bits per heavy atom. The highest BCUT2D eigenvalue weighted by Crippen LogP contribution is 2.30. The Bertz CT molecular complexity index is 1080. The van der Waals surface area contributed by atoms with Gasteiger partial charge in [0.15, 0.2) is 0 Å². The molecule has 1 fully saturated rings. The van der Waals surface area contributed by atoms with Crippen LogP contribution >= 0.6 is 0 Å².